The van der Waals surface area contributed by atoms with E-state index in [1.165, 1.54) is 18.2 Å². The van der Waals surface area contributed by atoms with Gasteiger partial charge in [-0.15, -0.1) is 0 Å². The molecule has 1 atom stereocenters. The summed E-state index contributed by atoms with van der Waals surface area (Å²) in [5.41, 5.74) is 0.862. The summed E-state index contributed by atoms with van der Waals surface area (Å²) in [4.78, 5) is 12.2. The standard InChI is InChI=1S/C18H19BrFNO4/c1-11(25-15-7-5-13(20)9-14(15)19)18(22)21-10-12-4-6-16(23-2)17(8-12)24-3/h4-9,11H,10H2,1-3H3,(H,21,22)/t11-/m1/s1. The summed E-state index contributed by atoms with van der Waals surface area (Å²) in [7, 11) is 3.11. The van der Waals surface area contributed by atoms with Gasteiger partial charge in [-0.2, -0.15) is 0 Å². The number of amides is 1. The SMILES string of the molecule is COc1ccc(CNC(=O)[C@@H](C)Oc2ccc(F)cc2Br)cc1OC. The van der Waals surface area contributed by atoms with Crippen molar-refractivity contribution < 1.29 is 23.4 Å². The third-order valence-corrected chi connectivity index (χ3v) is 4.10. The zero-order valence-electron chi connectivity index (χ0n) is 14.1. The average molecular weight is 412 g/mol. The summed E-state index contributed by atoms with van der Waals surface area (Å²) >= 11 is 3.21. The van der Waals surface area contributed by atoms with Crippen LogP contribution in [0.4, 0.5) is 4.39 Å². The molecule has 134 valence electrons. The molecule has 1 amide bonds. The number of hydrogen-bond acceptors (Lipinski definition) is 4. The Morgan fingerprint density at radius 3 is 2.44 bits per heavy atom. The molecule has 0 aliphatic heterocycles. The van der Waals surface area contributed by atoms with Gasteiger partial charge in [0.1, 0.15) is 11.6 Å². The van der Waals surface area contributed by atoms with Gasteiger partial charge in [-0.25, -0.2) is 4.39 Å². The molecule has 0 spiro atoms. The molecule has 0 aliphatic carbocycles. The fraction of sp³-hybridized carbons (Fsp3) is 0.278. The molecule has 0 unspecified atom stereocenters. The van der Waals surface area contributed by atoms with Crippen LogP contribution in [0.25, 0.3) is 0 Å². The third kappa shape index (κ3) is 5.09. The van der Waals surface area contributed by atoms with Gasteiger partial charge in [0, 0.05) is 6.54 Å². The Morgan fingerprint density at radius 2 is 1.80 bits per heavy atom. The van der Waals surface area contributed by atoms with Crippen LogP contribution in [0.2, 0.25) is 0 Å². The van der Waals surface area contributed by atoms with Gasteiger partial charge in [0.2, 0.25) is 0 Å². The first kappa shape index (κ1) is 19.1. The quantitative estimate of drug-likeness (QED) is 0.754. The van der Waals surface area contributed by atoms with Gasteiger partial charge in [0.25, 0.3) is 5.91 Å². The Labute approximate surface area is 154 Å². The van der Waals surface area contributed by atoms with Crippen molar-refractivity contribution in [3.8, 4) is 17.2 Å². The number of carbonyl (C=O) groups is 1. The van der Waals surface area contributed by atoms with E-state index in [-0.39, 0.29) is 11.7 Å². The number of benzene rings is 2. The van der Waals surface area contributed by atoms with Crippen LogP contribution in [0, 0.1) is 5.82 Å². The minimum absolute atomic E-state index is 0.286. The van der Waals surface area contributed by atoms with E-state index >= 15 is 0 Å². The second-order valence-electron chi connectivity index (χ2n) is 5.24. The minimum atomic E-state index is -0.734. The first-order valence-electron chi connectivity index (χ1n) is 7.55. The number of carbonyl (C=O) groups excluding carboxylic acids is 1. The van der Waals surface area contributed by atoms with Crippen LogP contribution in [0.15, 0.2) is 40.9 Å². The highest BCUT2D eigenvalue weighted by molar-refractivity contribution is 9.10. The summed E-state index contributed by atoms with van der Waals surface area (Å²) in [6.07, 6.45) is -0.734. The topological polar surface area (TPSA) is 56.8 Å². The molecule has 0 aliphatic rings. The summed E-state index contributed by atoms with van der Waals surface area (Å²) < 4.78 is 29.5. The van der Waals surface area contributed by atoms with Crippen molar-refractivity contribution in [2.45, 2.75) is 19.6 Å². The van der Waals surface area contributed by atoms with Crippen molar-refractivity contribution in [1.29, 1.82) is 0 Å². The predicted octanol–water partition coefficient (Wildman–Crippen LogP) is 3.69. The van der Waals surface area contributed by atoms with Crippen LogP contribution in [0.1, 0.15) is 12.5 Å². The molecule has 0 bridgehead atoms. The molecule has 2 rings (SSSR count). The molecular formula is C18H19BrFNO4. The second-order valence-corrected chi connectivity index (χ2v) is 6.10. The molecule has 0 saturated heterocycles. The van der Waals surface area contributed by atoms with E-state index in [2.05, 4.69) is 21.2 Å². The average Bonchev–Trinajstić information content (AvgIpc) is 2.61. The fourth-order valence-corrected chi connectivity index (χ4v) is 2.58. The van der Waals surface area contributed by atoms with E-state index in [0.29, 0.717) is 28.3 Å². The van der Waals surface area contributed by atoms with Crippen molar-refractivity contribution in [3.05, 3.63) is 52.3 Å². The predicted molar refractivity (Wildman–Crippen MR) is 95.6 cm³/mol. The second kappa shape index (κ2) is 8.71. The number of methoxy groups -OCH3 is 2. The molecule has 0 fully saturated rings. The van der Waals surface area contributed by atoms with Gasteiger partial charge in [0.15, 0.2) is 17.6 Å². The number of hydrogen-bond donors (Lipinski definition) is 1. The Bertz CT molecular complexity index is 754. The van der Waals surface area contributed by atoms with Crippen LogP contribution in [-0.2, 0) is 11.3 Å². The summed E-state index contributed by atoms with van der Waals surface area (Å²) in [6, 6.07) is 9.43. The molecule has 5 nitrogen and oxygen atoms in total. The van der Waals surface area contributed by atoms with Gasteiger partial charge in [-0.3, -0.25) is 4.79 Å². The molecule has 2 aromatic carbocycles. The van der Waals surface area contributed by atoms with Crippen LogP contribution < -0.4 is 19.5 Å². The lowest BCUT2D eigenvalue weighted by atomic mass is 10.2. The number of rotatable bonds is 7. The maximum absolute atomic E-state index is 13.1. The molecule has 0 heterocycles. The highest BCUT2D eigenvalue weighted by Gasteiger charge is 2.16. The molecule has 0 radical (unpaired) electrons. The number of ether oxygens (including phenoxy) is 3. The molecule has 7 heteroatoms. The van der Waals surface area contributed by atoms with E-state index in [1.54, 1.807) is 33.3 Å². The van der Waals surface area contributed by atoms with E-state index < -0.39 is 6.10 Å². The third-order valence-electron chi connectivity index (χ3n) is 3.48. The number of halogens is 2. The Kier molecular flexibility index (Phi) is 6.64. The van der Waals surface area contributed by atoms with Crippen LogP contribution in [0.5, 0.6) is 17.2 Å². The molecule has 1 N–H and O–H groups in total. The molecule has 0 aromatic heterocycles. The lowest BCUT2D eigenvalue weighted by molar-refractivity contribution is -0.127. The van der Waals surface area contributed by atoms with Crippen LogP contribution >= 0.6 is 15.9 Å². The van der Waals surface area contributed by atoms with Crippen molar-refractivity contribution in [2.75, 3.05) is 14.2 Å². The number of nitrogens with one attached hydrogen (secondary N) is 1. The molecule has 0 saturated carbocycles. The maximum atomic E-state index is 13.1. The lowest BCUT2D eigenvalue weighted by Crippen LogP contribution is -2.36. The van der Waals surface area contributed by atoms with E-state index in [4.69, 9.17) is 14.2 Å². The van der Waals surface area contributed by atoms with E-state index in [1.807, 2.05) is 6.07 Å². The highest BCUT2D eigenvalue weighted by atomic mass is 79.9. The van der Waals surface area contributed by atoms with Gasteiger partial charge in [-0.1, -0.05) is 6.07 Å². The lowest BCUT2D eigenvalue weighted by Gasteiger charge is -2.16. The normalized spacial score (nSPS) is 11.6. The smallest absolute Gasteiger partial charge is 0.261 e. The van der Waals surface area contributed by atoms with Crippen molar-refractivity contribution in [2.24, 2.45) is 0 Å². The van der Waals surface area contributed by atoms with E-state index in [9.17, 15) is 9.18 Å². The van der Waals surface area contributed by atoms with E-state index in [0.717, 1.165) is 5.56 Å². The first-order chi connectivity index (χ1) is 11.9. The van der Waals surface area contributed by atoms with Crippen molar-refractivity contribution in [1.82, 2.24) is 5.32 Å². The van der Waals surface area contributed by atoms with Gasteiger partial charge >= 0.3 is 0 Å². The van der Waals surface area contributed by atoms with Crippen molar-refractivity contribution >= 4 is 21.8 Å². The van der Waals surface area contributed by atoms with Gasteiger partial charge in [-0.05, 0) is 58.7 Å². The van der Waals surface area contributed by atoms with Crippen LogP contribution in [0.3, 0.4) is 0 Å². The van der Waals surface area contributed by atoms with Crippen molar-refractivity contribution in [3.63, 3.8) is 0 Å². The van der Waals surface area contributed by atoms with Gasteiger partial charge < -0.3 is 19.5 Å². The largest absolute Gasteiger partial charge is 0.493 e. The summed E-state index contributed by atoms with van der Waals surface area (Å²) in [5, 5.41) is 2.79. The molecule has 25 heavy (non-hydrogen) atoms. The summed E-state index contributed by atoms with van der Waals surface area (Å²) in [5.74, 6) is 0.940. The van der Waals surface area contributed by atoms with Crippen LogP contribution in [-0.4, -0.2) is 26.2 Å². The monoisotopic (exact) mass is 411 g/mol. The maximum Gasteiger partial charge on any atom is 0.261 e. The fourth-order valence-electron chi connectivity index (χ4n) is 2.14. The molecular weight excluding hydrogens is 393 g/mol. The van der Waals surface area contributed by atoms with Gasteiger partial charge in [0.05, 0.1) is 18.7 Å². The summed E-state index contributed by atoms with van der Waals surface area (Å²) in [6.45, 7) is 1.94. The Hall–Kier alpha value is -2.28. The molecule has 2 aromatic rings. The zero-order chi connectivity index (χ0) is 18.4. The zero-order valence-corrected chi connectivity index (χ0v) is 15.7. The highest BCUT2D eigenvalue weighted by Crippen LogP contribution is 2.28. The first-order valence-corrected chi connectivity index (χ1v) is 8.34. The minimum Gasteiger partial charge on any atom is -0.493 e. The Morgan fingerprint density at radius 1 is 1.12 bits per heavy atom. The Balaban J connectivity index is 1.95.